The van der Waals surface area contributed by atoms with Crippen LogP contribution in [0.2, 0.25) is 0 Å². The first-order valence-electron chi connectivity index (χ1n) is 11.8. The summed E-state index contributed by atoms with van der Waals surface area (Å²) in [7, 11) is 0. The lowest BCUT2D eigenvalue weighted by Crippen LogP contribution is -2.43. The molecular formula is C26H28N4O5. The molecule has 9 nitrogen and oxygen atoms in total. The van der Waals surface area contributed by atoms with E-state index in [0.717, 1.165) is 5.69 Å². The number of hydrogen-bond donors (Lipinski definition) is 1. The first-order valence-corrected chi connectivity index (χ1v) is 11.8. The Balaban J connectivity index is 1.34. The standard InChI is InChI=1S/C26H28N4O5/c1-2-14-30-25(33)21-11-7-6-10-20(21)23(28-30)26(34)35-17-22(31)29-15-12-18(13-16-29)24(32)27-19-8-4-3-5-9-19/h3-11,18H,2,12-17H2,1H3,(H,27,32). The third-order valence-electron chi connectivity index (χ3n) is 6.08. The summed E-state index contributed by atoms with van der Waals surface area (Å²) in [6.45, 7) is 2.67. The van der Waals surface area contributed by atoms with Crippen molar-refractivity contribution >= 4 is 34.2 Å². The van der Waals surface area contributed by atoms with Crippen LogP contribution in [0.3, 0.4) is 0 Å². The van der Waals surface area contributed by atoms with E-state index in [4.69, 9.17) is 4.74 Å². The summed E-state index contributed by atoms with van der Waals surface area (Å²) >= 11 is 0. The maximum atomic E-state index is 12.8. The Hall–Kier alpha value is -4.01. The Bertz CT molecular complexity index is 1280. The molecule has 4 rings (SSSR count). The van der Waals surface area contributed by atoms with Gasteiger partial charge in [0, 0.05) is 36.6 Å². The number of para-hydroxylation sites is 1. The Kier molecular flexibility index (Phi) is 7.54. The lowest BCUT2D eigenvalue weighted by Gasteiger charge is -2.31. The fourth-order valence-corrected chi connectivity index (χ4v) is 4.19. The number of nitrogens with zero attached hydrogens (tertiary/aromatic N) is 3. The third kappa shape index (κ3) is 5.56. The van der Waals surface area contributed by atoms with Crippen molar-refractivity contribution in [3.63, 3.8) is 0 Å². The lowest BCUT2D eigenvalue weighted by atomic mass is 9.95. The molecule has 9 heteroatoms. The van der Waals surface area contributed by atoms with Gasteiger partial charge in [-0.1, -0.05) is 43.3 Å². The first kappa shape index (κ1) is 24.1. The van der Waals surface area contributed by atoms with Gasteiger partial charge in [0.2, 0.25) is 5.91 Å². The highest BCUT2D eigenvalue weighted by Crippen LogP contribution is 2.20. The number of piperidine rings is 1. The van der Waals surface area contributed by atoms with Gasteiger partial charge in [0.15, 0.2) is 12.3 Å². The van der Waals surface area contributed by atoms with Crippen molar-refractivity contribution in [1.29, 1.82) is 0 Å². The fourth-order valence-electron chi connectivity index (χ4n) is 4.19. The molecule has 0 bridgehead atoms. The Morgan fingerprint density at radius 1 is 1.00 bits per heavy atom. The number of likely N-dealkylation sites (tertiary alicyclic amines) is 1. The van der Waals surface area contributed by atoms with Crippen molar-refractivity contribution in [2.45, 2.75) is 32.7 Å². The molecule has 3 aromatic rings. The van der Waals surface area contributed by atoms with Crippen LogP contribution in [0.15, 0.2) is 59.4 Å². The van der Waals surface area contributed by atoms with Gasteiger partial charge in [0.1, 0.15) is 0 Å². The van der Waals surface area contributed by atoms with Gasteiger partial charge in [0.25, 0.3) is 11.5 Å². The van der Waals surface area contributed by atoms with E-state index >= 15 is 0 Å². The van der Waals surface area contributed by atoms with Crippen molar-refractivity contribution in [3.8, 4) is 0 Å². The molecule has 1 aromatic heterocycles. The Morgan fingerprint density at radius 2 is 1.66 bits per heavy atom. The third-order valence-corrected chi connectivity index (χ3v) is 6.08. The zero-order valence-electron chi connectivity index (χ0n) is 19.6. The Labute approximate surface area is 202 Å². The molecule has 1 aliphatic rings. The van der Waals surface area contributed by atoms with Gasteiger partial charge in [-0.3, -0.25) is 14.4 Å². The molecule has 0 aliphatic carbocycles. The predicted octanol–water partition coefficient (Wildman–Crippen LogP) is 2.84. The molecule has 1 fully saturated rings. The molecular weight excluding hydrogens is 448 g/mol. The van der Waals surface area contributed by atoms with Gasteiger partial charge in [-0.25, -0.2) is 9.48 Å². The summed E-state index contributed by atoms with van der Waals surface area (Å²) in [4.78, 5) is 52.2. The van der Waals surface area contributed by atoms with E-state index < -0.39 is 12.6 Å². The van der Waals surface area contributed by atoms with E-state index in [-0.39, 0.29) is 29.0 Å². The molecule has 182 valence electrons. The van der Waals surface area contributed by atoms with Crippen molar-refractivity contribution in [3.05, 3.63) is 70.6 Å². The average Bonchev–Trinajstić information content (AvgIpc) is 2.89. The number of aryl methyl sites for hydroxylation is 1. The van der Waals surface area contributed by atoms with Crippen molar-refractivity contribution in [2.24, 2.45) is 5.92 Å². The molecule has 0 unspecified atom stereocenters. The maximum Gasteiger partial charge on any atom is 0.359 e. The SMILES string of the molecule is CCCn1nc(C(=O)OCC(=O)N2CCC(C(=O)Nc3ccccc3)CC2)c2ccccc2c1=O. The quantitative estimate of drug-likeness (QED) is 0.525. The van der Waals surface area contributed by atoms with Gasteiger partial charge >= 0.3 is 5.97 Å². The zero-order chi connectivity index (χ0) is 24.8. The van der Waals surface area contributed by atoms with Crippen LogP contribution < -0.4 is 10.9 Å². The molecule has 2 aromatic carbocycles. The van der Waals surface area contributed by atoms with Gasteiger partial charge in [-0.05, 0) is 37.5 Å². The van der Waals surface area contributed by atoms with E-state index in [2.05, 4.69) is 10.4 Å². The summed E-state index contributed by atoms with van der Waals surface area (Å²) in [6, 6.07) is 16.0. The number of ether oxygens (including phenoxy) is 1. The van der Waals surface area contributed by atoms with Crippen LogP contribution in [0.25, 0.3) is 10.8 Å². The summed E-state index contributed by atoms with van der Waals surface area (Å²) in [5.41, 5.74) is 0.487. The minimum atomic E-state index is -0.753. The van der Waals surface area contributed by atoms with Crippen LogP contribution in [-0.4, -0.2) is 52.2 Å². The molecule has 0 atom stereocenters. The van der Waals surface area contributed by atoms with Crippen molar-refractivity contribution in [1.82, 2.24) is 14.7 Å². The van der Waals surface area contributed by atoms with Crippen molar-refractivity contribution in [2.75, 3.05) is 25.0 Å². The van der Waals surface area contributed by atoms with E-state index in [1.165, 1.54) is 4.68 Å². The number of carbonyl (C=O) groups excluding carboxylic acids is 3. The number of amides is 2. The topological polar surface area (TPSA) is 111 Å². The average molecular weight is 477 g/mol. The monoisotopic (exact) mass is 476 g/mol. The van der Waals surface area contributed by atoms with Gasteiger partial charge in [0.05, 0.1) is 5.39 Å². The lowest BCUT2D eigenvalue weighted by molar-refractivity contribution is -0.137. The number of hydrogen-bond acceptors (Lipinski definition) is 6. The highest BCUT2D eigenvalue weighted by molar-refractivity contribution is 6.02. The van der Waals surface area contributed by atoms with Crippen LogP contribution in [0, 0.1) is 5.92 Å². The molecule has 0 radical (unpaired) electrons. The summed E-state index contributed by atoms with van der Waals surface area (Å²) < 4.78 is 6.55. The number of anilines is 1. The molecule has 1 saturated heterocycles. The van der Waals surface area contributed by atoms with Gasteiger partial charge in [-0.15, -0.1) is 0 Å². The number of fused-ring (bicyclic) bond motifs is 1. The minimum Gasteiger partial charge on any atom is -0.451 e. The van der Waals surface area contributed by atoms with Gasteiger partial charge in [-0.2, -0.15) is 5.10 Å². The maximum absolute atomic E-state index is 12.8. The number of rotatable bonds is 7. The van der Waals surface area contributed by atoms with E-state index in [9.17, 15) is 19.2 Å². The van der Waals surface area contributed by atoms with E-state index in [1.54, 1.807) is 29.2 Å². The summed E-state index contributed by atoms with van der Waals surface area (Å²) in [6.07, 6.45) is 1.75. The zero-order valence-corrected chi connectivity index (χ0v) is 19.6. The smallest absolute Gasteiger partial charge is 0.359 e. The number of carbonyl (C=O) groups is 3. The van der Waals surface area contributed by atoms with Gasteiger partial charge < -0.3 is 15.0 Å². The normalized spacial score (nSPS) is 14.0. The predicted molar refractivity (Wildman–Crippen MR) is 131 cm³/mol. The first-order chi connectivity index (χ1) is 17.0. The van der Waals surface area contributed by atoms with E-state index in [1.807, 2.05) is 37.3 Å². The van der Waals surface area contributed by atoms with Crippen LogP contribution >= 0.6 is 0 Å². The fraction of sp³-hybridized carbons (Fsp3) is 0.346. The number of benzene rings is 2. The number of nitrogens with one attached hydrogen (secondary N) is 1. The van der Waals surface area contributed by atoms with Crippen LogP contribution in [0.4, 0.5) is 5.69 Å². The Morgan fingerprint density at radius 3 is 2.34 bits per heavy atom. The number of esters is 1. The molecule has 2 heterocycles. The molecule has 1 aliphatic heterocycles. The van der Waals surface area contributed by atoms with Crippen LogP contribution in [0.1, 0.15) is 36.7 Å². The largest absolute Gasteiger partial charge is 0.451 e. The summed E-state index contributed by atoms with van der Waals surface area (Å²) in [5.74, 6) is -1.32. The molecule has 0 spiro atoms. The summed E-state index contributed by atoms with van der Waals surface area (Å²) in [5, 5.41) is 7.88. The minimum absolute atomic E-state index is 0.0118. The highest BCUT2D eigenvalue weighted by Gasteiger charge is 2.28. The molecule has 1 N–H and O–H groups in total. The highest BCUT2D eigenvalue weighted by atomic mass is 16.5. The van der Waals surface area contributed by atoms with Crippen LogP contribution in [-0.2, 0) is 20.9 Å². The number of aromatic nitrogens is 2. The molecule has 2 amide bonds. The molecule has 0 saturated carbocycles. The van der Waals surface area contributed by atoms with Crippen LogP contribution in [0.5, 0.6) is 0 Å². The second kappa shape index (κ2) is 10.9. The second-order valence-electron chi connectivity index (χ2n) is 8.51. The molecule has 35 heavy (non-hydrogen) atoms. The van der Waals surface area contributed by atoms with Crippen molar-refractivity contribution < 1.29 is 19.1 Å². The second-order valence-corrected chi connectivity index (χ2v) is 8.51. The van der Waals surface area contributed by atoms with E-state index in [0.29, 0.717) is 49.7 Å².